The van der Waals surface area contributed by atoms with E-state index < -0.39 is 0 Å². The van der Waals surface area contributed by atoms with Crippen LogP contribution in [0.15, 0.2) is 34.8 Å². The van der Waals surface area contributed by atoms with Crippen molar-refractivity contribution in [3.8, 4) is 5.69 Å². The first kappa shape index (κ1) is 18.5. The molecule has 1 aromatic heterocycles. The number of halogens is 3. The molecule has 2 aromatic rings. The van der Waals surface area contributed by atoms with Gasteiger partial charge in [0.1, 0.15) is 0 Å². The van der Waals surface area contributed by atoms with E-state index >= 15 is 0 Å². The van der Waals surface area contributed by atoms with Gasteiger partial charge in [0.15, 0.2) is 0 Å². The predicted octanol–water partition coefficient (Wildman–Crippen LogP) is 4.25. The van der Waals surface area contributed by atoms with E-state index in [1.807, 2.05) is 4.68 Å². The normalized spacial score (nSPS) is 15.1. The molecule has 0 unspecified atom stereocenters. The van der Waals surface area contributed by atoms with Crippen LogP contribution in [0.25, 0.3) is 5.69 Å². The van der Waals surface area contributed by atoms with E-state index in [2.05, 4.69) is 58.5 Å². The fraction of sp³-hybridized carbons (Fsp3) is 0.400. The van der Waals surface area contributed by atoms with Gasteiger partial charge in [-0.25, -0.2) is 4.68 Å². The van der Waals surface area contributed by atoms with Crippen molar-refractivity contribution in [2.24, 2.45) is 0 Å². The van der Waals surface area contributed by atoms with Crippen LogP contribution in [0.3, 0.4) is 0 Å². The molecule has 2 heterocycles. The van der Waals surface area contributed by atoms with E-state index in [4.69, 9.17) is 5.10 Å². The molecule has 0 atom stereocenters. The maximum Gasteiger partial charge on any atom is 0.0663 e. The van der Waals surface area contributed by atoms with E-state index in [-0.39, 0.29) is 24.8 Å². The van der Waals surface area contributed by atoms with Gasteiger partial charge in [-0.1, -0.05) is 15.9 Å². The first-order valence-electron chi connectivity index (χ1n) is 6.77. The van der Waals surface area contributed by atoms with Crippen molar-refractivity contribution in [2.75, 3.05) is 13.1 Å². The summed E-state index contributed by atoms with van der Waals surface area (Å²) in [7, 11) is 0. The third kappa shape index (κ3) is 4.22. The zero-order valence-corrected chi connectivity index (χ0v) is 15.1. The van der Waals surface area contributed by atoms with Crippen LogP contribution in [0.5, 0.6) is 0 Å². The van der Waals surface area contributed by atoms with Gasteiger partial charge < -0.3 is 5.32 Å². The van der Waals surface area contributed by atoms with E-state index in [0.29, 0.717) is 5.92 Å². The van der Waals surface area contributed by atoms with Crippen LogP contribution >= 0.6 is 40.7 Å². The number of nitrogens with one attached hydrogen (secondary N) is 1. The lowest BCUT2D eigenvalue weighted by molar-refractivity contribution is 0.451. The minimum absolute atomic E-state index is 0. The SMILES string of the molecule is Cc1cc(C2CCNCC2)nn1-c1ccc(Br)cc1.Cl.Cl. The predicted molar refractivity (Wildman–Crippen MR) is 95.3 cm³/mol. The minimum Gasteiger partial charge on any atom is -0.317 e. The lowest BCUT2D eigenvalue weighted by Gasteiger charge is -2.20. The monoisotopic (exact) mass is 391 g/mol. The van der Waals surface area contributed by atoms with Gasteiger partial charge in [0.2, 0.25) is 0 Å². The molecule has 0 amide bonds. The molecule has 1 fully saturated rings. The molecule has 1 saturated heterocycles. The van der Waals surface area contributed by atoms with Crippen LogP contribution in [-0.2, 0) is 0 Å². The lowest BCUT2D eigenvalue weighted by Crippen LogP contribution is -2.26. The van der Waals surface area contributed by atoms with Crippen molar-refractivity contribution in [1.82, 2.24) is 15.1 Å². The first-order valence-corrected chi connectivity index (χ1v) is 7.56. The Morgan fingerprint density at radius 2 is 1.76 bits per heavy atom. The number of benzene rings is 1. The smallest absolute Gasteiger partial charge is 0.0663 e. The summed E-state index contributed by atoms with van der Waals surface area (Å²) in [6, 6.07) is 10.5. The summed E-state index contributed by atoms with van der Waals surface area (Å²) >= 11 is 3.47. The molecule has 1 aliphatic rings. The molecule has 0 saturated carbocycles. The first-order chi connectivity index (χ1) is 9.24. The summed E-state index contributed by atoms with van der Waals surface area (Å²) in [6.45, 7) is 4.34. The minimum atomic E-state index is 0. The van der Waals surface area contributed by atoms with E-state index in [1.165, 1.54) is 24.2 Å². The zero-order valence-electron chi connectivity index (χ0n) is 11.9. The molecular weight excluding hydrogens is 373 g/mol. The van der Waals surface area contributed by atoms with Gasteiger partial charge in [0, 0.05) is 16.1 Å². The van der Waals surface area contributed by atoms with Gasteiger partial charge in [-0.15, -0.1) is 24.8 Å². The number of nitrogens with zero attached hydrogens (tertiary/aromatic N) is 2. The summed E-state index contributed by atoms with van der Waals surface area (Å²) < 4.78 is 3.14. The number of rotatable bonds is 2. The highest BCUT2D eigenvalue weighted by atomic mass is 79.9. The summed E-state index contributed by atoms with van der Waals surface area (Å²) in [6.07, 6.45) is 2.38. The topological polar surface area (TPSA) is 29.9 Å². The Kier molecular flexibility index (Phi) is 7.21. The third-order valence-corrected chi connectivity index (χ3v) is 4.26. The second-order valence-electron chi connectivity index (χ2n) is 5.12. The van der Waals surface area contributed by atoms with Crippen molar-refractivity contribution in [3.05, 3.63) is 46.2 Å². The summed E-state index contributed by atoms with van der Waals surface area (Å²) in [5.74, 6) is 0.608. The van der Waals surface area contributed by atoms with Gasteiger partial charge in [0.25, 0.3) is 0 Å². The molecule has 3 nitrogen and oxygen atoms in total. The van der Waals surface area contributed by atoms with Crippen molar-refractivity contribution in [3.63, 3.8) is 0 Å². The third-order valence-electron chi connectivity index (χ3n) is 3.73. The average Bonchev–Trinajstić information content (AvgIpc) is 2.83. The van der Waals surface area contributed by atoms with Crippen LogP contribution in [-0.4, -0.2) is 22.9 Å². The molecule has 0 spiro atoms. The second-order valence-corrected chi connectivity index (χ2v) is 6.04. The Labute approximate surface area is 146 Å². The molecule has 0 radical (unpaired) electrons. The highest BCUT2D eigenvalue weighted by Gasteiger charge is 2.19. The molecule has 0 bridgehead atoms. The number of piperidine rings is 1. The molecule has 1 aliphatic heterocycles. The highest BCUT2D eigenvalue weighted by molar-refractivity contribution is 9.10. The van der Waals surface area contributed by atoms with Gasteiger partial charge in [0.05, 0.1) is 11.4 Å². The molecule has 0 aliphatic carbocycles. The van der Waals surface area contributed by atoms with E-state index in [0.717, 1.165) is 23.2 Å². The maximum atomic E-state index is 4.81. The van der Waals surface area contributed by atoms with Gasteiger partial charge >= 0.3 is 0 Å². The number of aromatic nitrogens is 2. The molecule has 21 heavy (non-hydrogen) atoms. The van der Waals surface area contributed by atoms with Crippen LogP contribution < -0.4 is 5.32 Å². The van der Waals surface area contributed by atoms with Gasteiger partial charge in [-0.3, -0.25) is 0 Å². The summed E-state index contributed by atoms with van der Waals surface area (Å²) in [5.41, 5.74) is 3.57. The molecule has 3 rings (SSSR count). The fourth-order valence-corrected chi connectivity index (χ4v) is 2.92. The average molecular weight is 393 g/mol. The Bertz CT molecular complexity index is 563. The van der Waals surface area contributed by atoms with Crippen molar-refractivity contribution in [1.29, 1.82) is 0 Å². The number of hydrogen-bond donors (Lipinski definition) is 1. The van der Waals surface area contributed by atoms with Crippen LogP contribution in [0.2, 0.25) is 0 Å². The van der Waals surface area contributed by atoms with Crippen LogP contribution in [0.1, 0.15) is 30.1 Å². The standard InChI is InChI=1S/C15H18BrN3.2ClH/c1-11-10-15(12-6-8-17-9-7-12)18-19(11)14-4-2-13(16)3-5-14;;/h2-5,10,12,17H,6-9H2,1H3;2*1H. The Morgan fingerprint density at radius 1 is 1.14 bits per heavy atom. The molecule has 1 aromatic carbocycles. The quantitative estimate of drug-likeness (QED) is 0.827. The molecule has 6 heteroatoms. The second kappa shape index (κ2) is 8.18. The summed E-state index contributed by atoms with van der Waals surface area (Å²) in [4.78, 5) is 0. The summed E-state index contributed by atoms with van der Waals surface area (Å²) in [5, 5.41) is 8.21. The van der Waals surface area contributed by atoms with Crippen LogP contribution in [0, 0.1) is 6.92 Å². The molecular formula is C15H20BrCl2N3. The van der Waals surface area contributed by atoms with Crippen molar-refractivity contribution < 1.29 is 0 Å². The number of hydrogen-bond acceptors (Lipinski definition) is 2. The maximum absolute atomic E-state index is 4.81. The largest absolute Gasteiger partial charge is 0.317 e. The fourth-order valence-electron chi connectivity index (χ4n) is 2.66. The van der Waals surface area contributed by atoms with Gasteiger partial charge in [-0.2, -0.15) is 5.10 Å². The Morgan fingerprint density at radius 3 is 2.38 bits per heavy atom. The molecule has 116 valence electrons. The van der Waals surface area contributed by atoms with Crippen molar-refractivity contribution in [2.45, 2.75) is 25.7 Å². The zero-order chi connectivity index (χ0) is 13.2. The van der Waals surface area contributed by atoms with Crippen molar-refractivity contribution >= 4 is 40.7 Å². The van der Waals surface area contributed by atoms with E-state index in [9.17, 15) is 0 Å². The Balaban J connectivity index is 0.00000110. The van der Waals surface area contributed by atoms with Gasteiger partial charge in [-0.05, 0) is 63.2 Å². The van der Waals surface area contributed by atoms with Crippen LogP contribution in [0.4, 0.5) is 0 Å². The lowest BCUT2D eigenvalue weighted by atomic mass is 9.95. The van der Waals surface area contributed by atoms with E-state index in [1.54, 1.807) is 0 Å². The number of aryl methyl sites for hydroxylation is 1. The Hall–Kier alpha value is -0.550. The molecule has 1 N–H and O–H groups in total. The highest BCUT2D eigenvalue weighted by Crippen LogP contribution is 2.26.